The number of guanidine groups is 1. The van der Waals surface area contributed by atoms with Gasteiger partial charge in [-0.3, -0.25) is 9.69 Å². The van der Waals surface area contributed by atoms with Crippen molar-refractivity contribution in [3.05, 3.63) is 35.4 Å². The number of aliphatic imine (C=N–C) groups is 1. The minimum absolute atomic E-state index is 0. The van der Waals surface area contributed by atoms with Crippen molar-refractivity contribution in [2.75, 3.05) is 73.1 Å². The van der Waals surface area contributed by atoms with Gasteiger partial charge in [0.2, 0.25) is 0 Å². The fraction of sp³-hybridized carbons (Fsp3) is 0.636. The number of morpholine rings is 1. The first-order valence-corrected chi connectivity index (χ1v) is 10.9. The second-order valence-corrected chi connectivity index (χ2v) is 7.69. The Morgan fingerprint density at radius 3 is 2.65 bits per heavy atom. The van der Waals surface area contributed by atoms with Crippen LogP contribution in [0.2, 0.25) is 0 Å². The molecule has 1 aromatic rings. The molecular formula is C22H39IN6O2. The standard InChI is InChI=1S/C22H38N6O2.HI/c1-4-23-22(25-9-6-11-28-13-15-30-16-14-28)26-18-19-7-5-8-20(17-19)21(29)24-10-12-27(2)3;/h5,7-8,17H,4,6,9-16,18H2,1-3H3,(H,24,29)(H2,23,25,26);1H. The molecule has 2 rings (SSSR count). The van der Waals surface area contributed by atoms with E-state index in [1.807, 2.05) is 43.3 Å². The normalized spacial score (nSPS) is 14.8. The number of hydrogen-bond acceptors (Lipinski definition) is 5. The van der Waals surface area contributed by atoms with Crippen molar-refractivity contribution in [3.63, 3.8) is 0 Å². The lowest BCUT2D eigenvalue weighted by Gasteiger charge is -2.26. The number of likely N-dealkylation sites (N-methyl/N-ethyl adjacent to an activating group) is 1. The number of hydrogen-bond donors (Lipinski definition) is 3. The van der Waals surface area contributed by atoms with E-state index in [0.29, 0.717) is 18.7 Å². The molecule has 0 spiro atoms. The molecule has 0 bridgehead atoms. The van der Waals surface area contributed by atoms with Crippen molar-refractivity contribution in [2.45, 2.75) is 19.9 Å². The zero-order valence-corrected chi connectivity index (χ0v) is 21.5. The number of nitrogens with zero attached hydrogens (tertiary/aromatic N) is 3. The lowest BCUT2D eigenvalue weighted by atomic mass is 10.1. The molecule has 3 N–H and O–H groups in total. The van der Waals surface area contributed by atoms with Gasteiger partial charge in [-0.25, -0.2) is 4.99 Å². The Morgan fingerprint density at radius 1 is 1.16 bits per heavy atom. The van der Waals surface area contributed by atoms with Gasteiger partial charge in [-0.15, -0.1) is 24.0 Å². The fourth-order valence-electron chi connectivity index (χ4n) is 3.15. The van der Waals surface area contributed by atoms with E-state index in [4.69, 9.17) is 4.74 Å². The summed E-state index contributed by atoms with van der Waals surface area (Å²) in [6.07, 6.45) is 1.06. The minimum atomic E-state index is -0.0455. The molecule has 1 aliphatic rings. The Hall–Kier alpha value is -1.43. The van der Waals surface area contributed by atoms with Crippen LogP contribution in [-0.2, 0) is 11.3 Å². The largest absolute Gasteiger partial charge is 0.379 e. The van der Waals surface area contributed by atoms with E-state index in [1.165, 1.54) is 0 Å². The van der Waals surface area contributed by atoms with Gasteiger partial charge < -0.3 is 25.6 Å². The highest BCUT2D eigenvalue weighted by Gasteiger charge is 2.09. The Bertz CT molecular complexity index is 665. The van der Waals surface area contributed by atoms with Crippen molar-refractivity contribution in [1.29, 1.82) is 0 Å². The summed E-state index contributed by atoms with van der Waals surface area (Å²) in [4.78, 5) is 21.5. The molecule has 176 valence electrons. The van der Waals surface area contributed by atoms with Gasteiger partial charge in [-0.05, 0) is 51.7 Å². The zero-order chi connectivity index (χ0) is 21.6. The topological polar surface area (TPSA) is 81.2 Å². The number of ether oxygens (including phenoxy) is 1. The van der Waals surface area contributed by atoms with Gasteiger partial charge in [0.25, 0.3) is 5.91 Å². The second kappa shape index (κ2) is 16.2. The Balaban J connectivity index is 0.00000480. The molecule has 1 aromatic carbocycles. The number of benzene rings is 1. The highest BCUT2D eigenvalue weighted by Crippen LogP contribution is 2.07. The van der Waals surface area contributed by atoms with Crippen molar-refractivity contribution >= 4 is 35.8 Å². The molecule has 1 saturated heterocycles. The summed E-state index contributed by atoms with van der Waals surface area (Å²) in [7, 11) is 3.98. The predicted molar refractivity (Wildman–Crippen MR) is 137 cm³/mol. The third-order valence-corrected chi connectivity index (χ3v) is 4.84. The summed E-state index contributed by atoms with van der Waals surface area (Å²) < 4.78 is 5.39. The first-order valence-electron chi connectivity index (χ1n) is 10.9. The summed E-state index contributed by atoms with van der Waals surface area (Å²) in [6.45, 7) is 10.5. The van der Waals surface area contributed by atoms with Crippen molar-refractivity contribution in [2.24, 2.45) is 4.99 Å². The number of amides is 1. The zero-order valence-electron chi connectivity index (χ0n) is 19.2. The molecule has 31 heavy (non-hydrogen) atoms. The molecule has 0 saturated carbocycles. The number of carbonyl (C=O) groups excluding carboxylic acids is 1. The maximum atomic E-state index is 12.3. The van der Waals surface area contributed by atoms with Crippen LogP contribution in [0.25, 0.3) is 0 Å². The number of carbonyl (C=O) groups is 1. The fourth-order valence-corrected chi connectivity index (χ4v) is 3.15. The van der Waals surface area contributed by atoms with E-state index >= 15 is 0 Å². The average Bonchev–Trinajstić information content (AvgIpc) is 2.75. The third-order valence-electron chi connectivity index (χ3n) is 4.84. The van der Waals surface area contributed by atoms with Gasteiger partial charge >= 0.3 is 0 Å². The van der Waals surface area contributed by atoms with Gasteiger partial charge in [0, 0.05) is 44.8 Å². The van der Waals surface area contributed by atoms with Gasteiger partial charge in [0.1, 0.15) is 0 Å². The van der Waals surface area contributed by atoms with E-state index in [1.54, 1.807) is 0 Å². The number of halogens is 1. The van der Waals surface area contributed by atoms with E-state index in [9.17, 15) is 4.79 Å². The van der Waals surface area contributed by atoms with Crippen LogP contribution in [0.3, 0.4) is 0 Å². The molecule has 1 aliphatic heterocycles. The van der Waals surface area contributed by atoms with Crippen LogP contribution in [0.5, 0.6) is 0 Å². The van der Waals surface area contributed by atoms with Gasteiger partial charge in [-0.2, -0.15) is 0 Å². The SMILES string of the molecule is CCNC(=NCc1cccc(C(=O)NCCN(C)C)c1)NCCCN1CCOCC1.I. The maximum absolute atomic E-state index is 12.3. The van der Waals surface area contributed by atoms with Crippen molar-refractivity contribution < 1.29 is 9.53 Å². The summed E-state index contributed by atoms with van der Waals surface area (Å²) in [5, 5.41) is 9.64. The van der Waals surface area contributed by atoms with Crippen LogP contribution in [0, 0.1) is 0 Å². The minimum Gasteiger partial charge on any atom is -0.379 e. The summed E-state index contributed by atoms with van der Waals surface area (Å²) in [6, 6.07) is 7.67. The summed E-state index contributed by atoms with van der Waals surface area (Å²) >= 11 is 0. The van der Waals surface area contributed by atoms with Crippen LogP contribution in [0.15, 0.2) is 29.3 Å². The van der Waals surface area contributed by atoms with Gasteiger partial charge in [0.05, 0.1) is 19.8 Å². The average molecular weight is 546 g/mol. The maximum Gasteiger partial charge on any atom is 0.251 e. The first-order chi connectivity index (χ1) is 14.6. The Labute approximate surface area is 204 Å². The molecule has 0 radical (unpaired) electrons. The monoisotopic (exact) mass is 546 g/mol. The lowest BCUT2D eigenvalue weighted by Crippen LogP contribution is -2.40. The molecule has 0 aliphatic carbocycles. The van der Waals surface area contributed by atoms with E-state index < -0.39 is 0 Å². The second-order valence-electron chi connectivity index (χ2n) is 7.69. The smallest absolute Gasteiger partial charge is 0.251 e. The van der Waals surface area contributed by atoms with Crippen molar-refractivity contribution in [1.82, 2.24) is 25.8 Å². The van der Waals surface area contributed by atoms with Crippen LogP contribution in [0.1, 0.15) is 29.3 Å². The van der Waals surface area contributed by atoms with Crippen LogP contribution < -0.4 is 16.0 Å². The summed E-state index contributed by atoms with van der Waals surface area (Å²) in [5.41, 5.74) is 1.69. The van der Waals surface area contributed by atoms with Crippen LogP contribution in [0.4, 0.5) is 0 Å². The molecule has 9 heteroatoms. The van der Waals surface area contributed by atoms with E-state index in [0.717, 1.165) is 70.4 Å². The van der Waals surface area contributed by atoms with Gasteiger partial charge in [0.15, 0.2) is 5.96 Å². The highest BCUT2D eigenvalue weighted by atomic mass is 127. The third kappa shape index (κ3) is 11.7. The van der Waals surface area contributed by atoms with Crippen LogP contribution in [-0.4, -0.2) is 94.8 Å². The van der Waals surface area contributed by atoms with Crippen molar-refractivity contribution in [3.8, 4) is 0 Å². The molecule has 8 nitrogen and oxygen atoms in total. The highest BCUT2D eigenvalue weighted by molar-refractivity contribution is 14.0. The van der Waals surface area contributed by atoms with E-state index in [2.05, 4.69) is 32.8 Å². The number of nitrogens with one attached hydrogen (secondary N) is 3. The Morgan fingerprint density at radius 2 is 1.94 bits per heavy atom. The molecule has 1 heterocycles. The molecule has 0 aromatic heterocycles. The molecule has 1 fully saturated rings. The first kappa shape index (κ1) is 27.6. The molecular weight excluding hydrogens is 507 g/mol. The molecule has 0 atom stereocenters. The molecule has 1 amide bonds. The lowest BCUT2D eigenvalue weighted by molar-refractivity contribution is 0.0376. The quantitative estimate of drug-likeness (QED) is 0.169. The Kier molecular flexibility index (Phi) is 14.5. The van der Waals surface area contributed by atoms with Crippen LogP contribution >= 0.6 is 24.0 Å². The van der Waals surface area contributed by atoms with E-state index in [-0.39, 0.29) is 29.9 Å². The number of rotatable bonds is 11. The summed E-state index contributed by atoms with van der Waals surface area (Å²) in [5.74, 6) is 0.760. The predicted octanol–water partition coefficient (Wildman–Crippen LogP) is 1.37. The van der Waals surface area contributed by atoms with Gasteiger partial charge in [-0.1, -0.05) is 12.1 Å². The molecule has 0 unspecified atom stereocenters.